The van der Waals surface area contributed by atoms with Crippen LogP contribution in [-0.4, -0.2) is 36.2 Å². The number of piperidine rings is 1. The van der Waals surface area contributed by atoms with Gasteiger partial charge in [0.05, 0.1) is 6.54 Å². The van der Waals surface area contributed by atoms with Gasteiger partial charge in [-0.05, 0) is 43.9 Å². The quantitative estimate of drug-likeness (QED) is 0.822. The van der Waals surface area contributed by atoms with Gasteiger partial charge >= 0.3 is 0 Å². The molecule has 2 heteroatoms. The number of hydrogen-bond acceptors (Lipinski definition) is 2. The number of hydrogen-bond donors (Lipinski definition) is 1. The van der Waals surface area contributed by atoms with Crippen molar-refractivity contribution < 1.29 is 5.11 Å². The van der Waals surface area contributed by atoms with Crippen molar-refractivity contribution in [2.75, 3.05) is 26.2 Å². The van der Waals surface area contributed by atoms with Gasteiger partial charge < -0.3 is 5.11 Å². The first-order chi connectivity index (χ1) is 8.88. The molecule has 0 saturated carbocycles. The smallest absolute Gasteiger partial charge is 0.0605 e. The Kier molecular flexibility index (Phi) is 5.26. The average molecular weight is 243 g/mol. The minimum absolute atomic E-state index is 0.314. The van der Waals surface area contributed by atoms with Crippen molar-refractivity contribution in [2.45, 2.75) is 19.3 Å². The summed E-state index contributed by atoms with van der Waals surface area (Å²) in [5.41, 5.74) is 1.08. The van der Waals surface area contributed by atoms with Gasteiger partial charge in [-0.1, -0.05) is 30.0 Å². The van der Waals surface area contributed by atoms with Crippen LogP contribution in [0.5, 0.6) is 0 Å². The molecule has 96 valence electrons. The summed E-state index contributed by atoms with van der Waals surface area (Å²) < 4.78 is 0. The molecule has 1 aliphatic heterocycles. The lowest BCUT2D eigenvalue weighted by Crippen LogP contribution is -2.35. The highest BCUT2D eigenvalue weighted by atomic mass is 16.3. The van der Waals surface area contributed by atoms with Crippen molar-refractivity contribution in [1.82, 2.24) is 4.90 Å². The first-order valence-corrected chi connectivity index (χ1v) is 6.75. The lowest BCUT2D eigenvalue weighted by molar-refractivity contribution is 0.161. The molecule has 1 saturated heterocycles. The van der Waals surface area contributed by atoms with Crippen LogP contribution in [-0.2, 0) is 0 Å². The summed E-state index contributed by atoms with van der Waals surface area (Å²) in [5.74, 6) is 7.10. The van der Waals surface area contributed by atoms with E-state index in [1.165, 1.54) is 12.8 Å². The van der Waals surface area contributed by atoms with Crippen LogP contribution in [0.15, 0.2) is 30.3 Å². The molecule has 0 aliphatic carbocycles. The van der Waals surface area contributed by atoms with E-state index in [9.17, 15) is 0 Å². The highest BCUT2D eigenvalue weighted by molar-refractivity contribution is 5.33. The molecule has 1 atom stereocenters. The lowest BCUT2D eigenvalue weighted by Gasteiger charge is -2.30. The molecule has 1 aromatic rings. The van der Waals surface area contributed by atoms with Crippen LogP contribution in [0.3, 0.4) is 0 Å². The number of benzene rings is 1. The summed E-state index contributed by atoms with van der Waals surface area (Å²) >= 11 is 0. The minimum atomic E-state index is 0.314. The molecule has 0 spiro atoms. The first-order valence-electron chi connectivity index (χ1n) is 6.75. The van der Waals surface area contributed by atoms with Gasteiger partial charge in [0.15, 0.2) is 0 Å². The van der Waals surface area contributed by atoms with Gasteiger partial charge in [0, 0.05) is 18.7 Å². The van der Waals surface area contributed by atoms with E-state index in [2.05, 4.69) is 16.7 Å². The molecule has 0 bridgehead atoms. The normalized spacial score (nSPS) is 20.2. The molecule has 0 amide bonds. The van der Waals surface area contributed by atoms with E-state index in [1.807, 2.05) is 30.3 Å². The summed E-state index contributed by atoms with van der Waals surface area (Å²) in [7, 11) is 0. The second kappa shape index (κ2) is 7.20. The monoisotopic (exact) mass is 243 g/mol. The molecule has 1 fully saturated rings. The van der Waals surface area contributed by atoms with Crippen LogP contribution in [0, 0.1) is 17.8 Å². The fourth-order valence-electron chi connectivity index (χ4n) is 2.49. The molecular weight excluding hydrogens is 222 g/mol. The second-order valence-corrected chi connectivity index (χ2v) is 4.92. The van der Waals surface area contributed by atoms with E-state index >= 15 is 0 Å². The number of likely N-dealkylation sites (tertiary alicyclic amines) is 1. The SMILES string of the molecule is OCCC1CCCN(CC#Cc2ccccc2)C1. The maximum Gasteiger partial charge on any atom is 0.0605 e. The summed E-state index contributed by atoms with van der Waals surface area (Å²) in [6.07, 6.45) is 3.42. The Labute approximate surface area is 110 Å². The molecule has 2 nitrogen and oxygen atoms in total. The van der Waals surface area contributed by atoms with Gasteiger partial charge in [-0.25, -0.2) is 0 Å². The summed E-state index contributed by atoms with van der Waals surface area (Å²) in [6, 6.07) is 10.1. The summed E-state index contributed by atoms with van der Waals surface area (Å²) in [6.45, 7) is 3.39. The van der Waals surface area contributed by atoms with Gasteiger partial charge in [-0.15, -0.1) is 0 Å². The molecule has 1 N–H and O–H groups in total. The lowest BCUT2D eigenvalue weighted by atomic mass is 9.95. The fraction of sp³-hybridized carbons (Fsp3) is 0.500. The molecule has 2 rings (SSSR count). The van der Waals surface area contributed by atoms with Crippen LogP contribution < -0.4 is 0 Å². The number of nitrogens with zero attached hydrogens (tertiary/aromatic N) is 1. The van der Waals surface area contributed by atoms with Crippen LogP contribution in [0.25, 0.3) is 0 Å². The summed E-state index contributed by atoms with van der Waals surface area (Å²) in [5, 5.41) is 8.98. The van der Waals surface area contributed by atoms with Crippen molar-refractivity contribution in [3.05, 3.63) is 35.9 Å². The van der Waals surface area contributed by atoms with Crippen LogP contribution in [0.4, 0.5) is 0 Å². The van der Waals surface area contributed by atoms with Crippen molar-refractivity contribution in [2.24, 2.45) is 5.92 Å². The Bertz CT molecular complexity index is 402. The predicted octanol–water partition coefficient (Wildman–Crippen LogP) is 2.13. The largest absolute Gasteiger partial charge is 0.396 e. The minimum Gasteiger partial charge on any atom is -0.396 e. The topological polar surface area (TPSA) is 23.5 Å². The van der Waals surface area contributed by atoms with E-state index in [-0.39, 0.29) is 0 Å². The van der Waals surface area contributed by atoms with Crippen LogP contribution >= 0.6 is 0 Å². The Morgan fingerprint density at radius 3 is 2.89 bits per heavy atom. The highest BCUT2D eigenvalue weighted by Gasteiger charge is 2.18. The third-order valence-electron chi connectivity index (χ3n) is 3.45. The van der Waals surface area contributed by atoms with Crippen molar-refractivity contribution in [1.29, 1.82) is 0 Å². The Hall–Kier alpha value is -1.30. The fourth-order valence-corrected chi connectivity index (χ4v) is 2.49. The first kappa shape index (κ1) is 13.1. The maximum atomic E-state index is 8.98. The molecule has 1 aromatic carbocycles. The van der Waals surface area contributed by atoms with E-state index in [0.717, 1.165) is 31.6 Å². The van der Waals surface area contributed by atoms with Crippen molar-refractivity contribution in [3.63, 3.8) is 0 Å². The van der Waals surface area contributed by atoms with Crippen molar-refractivity contribution in [3.8, 4) is 11.8 Å². The molecule has 0 aromatic heterocycles. The van der Waals surface area contributed by atoms with Crippen LogP contribution in [0.2, 0.25) is 0 Å². The van der Waals surface area contributed by atoms with E-state index < -0.39 is 0 Å². The highest BCUT2D eigenvalue weighted by Crippen LogP contribution is 2.18. The Morgan fingerprint density at radius 1 is 1.28 bits per heavy atom. The second-order valence-electron chi connectivity index (χ2n) is 4.92. The number of rotatable bonds is 3. The predicted molar refractivity (Wildman–Crippen MR) is 74.2 cm³/mol. The maximum absolute atomic E-state index is 8.98. The van der Waals surface area contributed by atoms with Gasteiger partial charge in [0.1, 0.15) is 0 Å². The van der Waals surface area contributed by atoms with Gasteiger partial charge in [-0.2, -0.15) is 0 Å². The third kappa shape index (κ3) is 4.18. The summed E-state index contributed by atoms with van der Waals surface area (Å²) in [4.78, 5) is 2.40. The van der Waals surface area contributed by atoms with Gasteiger partial charge in [0.25, 0.3) is 0 Å². The number of aliphatic hydroxyl groups is 1. The zero-order valence-electron chi connectivity index (χ0n) is 10.8. The van der Waals surface area contributed by atoms with Crippen molar-refractivity contribution >= 4 is 0 Å². The Morgan fingerprint density at radius 2 is 2.11 bits per heavy atom. The zero-order chi connectivity index (χ0) is 12.6. The molecular formula is C16H21NO. The average Bonchev–Trinajstić information content (AvgIpc) is 2.41. The van der Waals surface area contributed by atoms with Gasteiger partial charge in [-0.3, -0.25) is 4.90 Å². The number of aliphatic hydroxyl groups excluding tert-OH is 1. The van der Waals surface area contributed by atoms with E-state index in [1.54, 1.807) is 0 Å². The van der Waals surface area contributed by atoms with E-state index in [0.29, 0.717) is 12.5 Å². The molecule has 18 heavy (non-hydrogen) atoms. The molecule has 1 aliphatic rings. The molecule has 1 unspecified atom stereocenters. The molecule has 1 heterocycles. The van der Waals surface area contributed by atoms with Crippen LogP contribution in [0.1, 0.15) is 24.8 Å². The third-order valence-corrected chi connectivity index (χ3v) is 3.45. The van der Waals surface area contributed by atoms with E-state index in [4.69, 9.17) is 5.11 Å². The standard InChI is InChI=1S/C16H21NO/c18-13-10-16-9-5-12-17(14-16)11-4-8-15-6-2-1-3-7-15/h1-3,6-7,16,18H,5,9-14H2. The molecule has 0 radical (unpaired) electrons. The zero-order valence-corrected chi connectivity index (χ0v) is 10.8. The Balaban J connectivity index is 1.81. The van der Waals surface area contributed by atoms with Gasteiger partial charge in [0.2, 0.25) is 0 Å².